The van der Waals surface area contributed by atoms with E-state index in [-0.39, 0.29) is 30.6 Å². The lowest BCUT2D eigenvalue weighted by atomic mass is 9.86. The first kappa shape index (κ1) is 20.8. The van der Waals surface area contributed by atoms with E-state index >= 15 is 0 Å². The molecule has 2 N–H and O–H groups in total. The number of urea groups is 1. The number of amides is 4. The van der Waals surface area contributed by atoms with Crippen LogP contribution in [-0.4, -0.2) is 53.4 Å². The van der Waals surface area contributed by atoms with E-state index in [0.717, 1.165) is 5.69 Å². The Morgan fingerprint density at radius 2 is 2.10 bits per heavy atom. The first-order valence-electron chi connectivity index (χ1n) is 10.2. The van der Waals surface area contributed by atoms with Gasteiger partial charge in [-0.05, 0) is 37.6 Å². The van der Waals surface area contributed by atoms with Crippen LogP contribution in [0.15, 0.2) is 48.8 Å². The van der Waals surface area contributed by atoms with Crippen LogP contribution in [0.4, 0.5) is 14.9 Å². The van der Waals surface area contributed by atoms with Crippen molar-refractivity contribution in [1.29, 1.82) is 0 Å². The van der Waals surface area contributed by atoms with Crippen molar-refractivity contribution in [3.05, 3.63) is 60.2 Å². The molecule has 4 rings (SSSR count). The maximum absolute atomic E-state index is 13.6. The number of carbonyl (C=O) groups excluding carboxylic acids is 3. The van der Waals surface area contributed by atoms with E-state index in [9.17, 15) is 18.8 Å². The Labute approximate surface area is 179 Å². The average Bonchev–Trinajstić information content (AvgIpc) is 3.06. The highest BCUT2D eigenvalue weighted by molar-refractivity contribution is 6.07. The topological polar surface area (TPSA) is 94.6 Å². The SMILES string of the molecule is C[C@H]1CN(C(=O)CCC2(c3cccnc3)NC(=O)NC2=O)CCN1c1cccc(F)c1. The molecule has 0 aliphatic carbocycles. The molecule has 0 radical (unpaired) electrons. The predicted octanol–water partition coefficient (Wildman–Crippen LogP) is 1.77. The molecule has 1 aromatic carbocycles. The smallest absolute Gasteiger partial charge is 0.322 e. The van der Waals surface area contributed by atoms with Gasteiger partial charge in [0.1, 0.15) is 11.4 Å². The second-order valence-electron chi connectivity index (χ2n) is 7.92. The Bertz CT molecular complexity index is 1000. The summed E-state index contributed by atoms with van der Waals surface area (Å²) >= 11 is 0. The summed E-state index contributed by atoms with van der Waals surface area (Å²) in [6.07, 6.45) is 3.33. The van der Waals surface area contributed by atoms with Crippen LogP contribution in [0.5, 0.6) is 0 Å². The van der Waals surface area contributed by atoms with Crippen molar-refractivity contribution in [2.75, 3.05) is 24.5 Å². The van der Waals surface area contributed by atoms with Crippen LogP contribution in [0, 0.1) is 5.82 Å². The Morgan fingerprint density at radius 3 is 2.74 bits per heavy atom. The van der Waals surface area contributed by atoms with Crippen molar-refractivity contribution in [1.82, 2.24) is 20.5 Å². The van der Waals surface area contributed by atoms with Crippen LogP contribution in [0.25, 0.3) is 0 Å². The van der Waals surface area contributed by atoms with Gasteiger partial charge in [-0.3, -0.25) is 19.9 Å². The highest BCUT2D eigenvalue weighted by Crippen LogP contribution is 2.30. The number of halogens is 1. The van der Waals surface area contributed by atoms with Crippen molar-refractivity contribution < 1.29 is 18.8 Å². The molecule has 3 heterocycles. The number of carbonyl (C=O) groups is 3. The van der Waals surface area contributed by atoms with Crippen molar-refractivity contribution in [2.24, 2.45) is 0 Å². The number of anilines is 1. The Morgan fingerprint density at radius 1 is 1.26 bits per heavy atom. The number of hydrogen-bond acceptors (Lipinski definition) is 5. The maximum Gasteiger partial charge on any atom is 0.322 e. The minimum atomic E-state index is -1.31. The molecule has 1 unspecified atom stereocenters. The third kappa shape index (κ3) is 4.08. The van der Waals surface area contributed by atoms with Crippen molar-refractivity contribution in [2.45, 2.75) is 31.3 Å². The number of nitrogens with zero attached hydrogens (tertiary/aromatic N) is 3. The summed E-state index contributed by atoms with van der Waals surface area (Å²) in [6.45, 7) is 3.57. The molecule has 2 atom stereocenters. The van der Waals surface area contributed by atoms with Gasteiger partial charge in [-0.15, -0.1) is 0 Å². The number of piperazine rings is 1. The van der Waals surface area contributed by atoms with Gasteiger partial charge in [0.2, 0.25) is 5.91 Å². The lowest BCUT2D eigenvalue weighted by molar-refractivity contribution is -0.133. The number of rotatable bonds is 5. The molecule has 9 heteroatoms. The zero-order valence-electron chi connectivity index (χ0n) is 17.2. The van der Waals surface area contributed by atoms with Gasteiger partial charge in [-0.2, -0.15) is 0 Å². The number of hydrogen-bond donors (Lipinski definition) is 2. The average molecular weight is 425 g/mol. The van der Waals surface area contributed by atoms with E-state index in [4.69, 9.17) is 0 Å². The first-order valence-corrected chi connectivity index (χ1v) is 10.2. The minimum absolute atomic E-state index is 0.0151. The molecule has 2 fully saturated rings. The summed E-state index contributed by atoms with van der Waals surface area (Å²) in [5.74, 6) is -0.869. The molecule has 2 saturated heterocycles. The number of benzene rings is 1. The normalized spacial score (nSPS) is 23.5. The zero-order valence-corrected chi connectivity index (χ0v) is 17.2. The maximum atomic E-state index is 13.6. The van der Waals surface area contributed by atoms with Crippen LogP contribution in [0.2, 0.25) is 0 Å². The van der Waals surface area contributed by atoms with Gasteiger partial charge in [0, 0.05) is 55.7 Å². The van der Waals surface area contributed by atoms with Gasteiger partial charge >= 0.3 is 6.03 Å². The van der Waals surface area contributed by atoms with Crippen LogP contribution in [0.1, 0.15) is 25.3 Å². The standard InChI is InChI=1S/C22H24FN5O3/c1-15-14-27(10-11-28(15)18-6-2-5-17(23)12-18)19(29)7-8-22(16-4-3-9-24-13-16)20(30)25-21(31)26-22/h2-6,9,12-13,15H,7-8,10-11,14H2,1H3,(H2,25,26,30,31)/t15-,22?/m0/s1. The molecule has 2 aliphatic heterocycles. The Balaban J connectivity index is 1.42. The summed E-state index contributed by atoms with van der Waals surface area (Å²) in [6, 6.07) is 9.26. The summed E-state index contributed by atoms with van der Waals surface area (Å²) in [5, 5.41) is 4.95. The number of nitrogens with one attached hydrogen (secondary N) is 2. The molecular formula is C22H24FN5O3. The third-order valence-corrected chi connectivity index (χ3v) is 5.93. The van der Waals surface area contributed by atoms with Gasteiger partial charge in [0.05, 0.1) is 0 Å². The molecule has 8 nitrogen and oxygen atoms in total. The molecule has 2 aromatic rings. The molecule has 4 amide bonds. The third-order valence-electron chi connectivity index (χ3n) is 5.93. The monoisotopic (exact) mass is 425 g/mol. The molecule has 2 aliphatic rings. The number of pyridine rings is 1. The summed E-state index contributed by atoms with van der Waals surface area (Å²) in [5.41, 5.74) is 0.0200. The van der Waals surface area contributed by atoms with E-state index in [2.05, 4.69) is 20.5 Å². The van der Waals surface area contributed by atoms with E-state index in [1.807, 2.05) is 13.0 Å². The number of aromatic nitrogens is 1. The van der Waals surface area contributed by atoms with Gasteiger partial charge < -0.3 is 15.1 Å². The molecule has 0 spiro atoms. The molecule has 1 aromatic heterocycles. The second-order valence-corrected chi connectivity index (χ2v) is 7.92. The van der Waals surface area contributed by atoms with Gasteiger partial charge in [-0.1, -0.05) is 12.1 Å². The summed E-state index contributed by atoms with van der Waals surface area (Å²) < 4.78 is 13.6. The lowest BCUT2D eigenvalue weighted by Crippen LogP contribution is -2.54. The van der Waals surface area contributed by atoms with Gasteiger partial charge in [0.15, 0.2) is 0 Å². The highest BCUT2D eigenvalue weighted by Gasteiger charge is 2.48. The van der Waals surface area contributed by atoms with Crippen LogP contribution in [0.3, 0.4) is 0 Å². The van der Waals surface area contributed by atoms with Crippen molar-refractivity contribution in [3.63, 3.8) is 0 Å². The molecule has 0 saturated carbocycles. The lowest BCUT2D eigenvalue weighted by Gasteiger charge is -2.41. The first-order chi connectivity index (χ1) is 14.9. The van der Waals surface area contributed by atoms with Gasteiger partial charge in [-0.25, -0.2) is 9.18 Å². The van der Waals surface area contributed by atoms with Gasteiger partial charge in [0.25, 0.3) is 5.91 Å². The molecular weight excluding hydrogens is 401 g/mol. The van der Waals surface area contributed by atoms with Crippen molar-refractivity contribution in [3.8, 4) is 0 Å². The fraction of sp³-hybridized carbons (Fsp3) is 0.364. The van der Waals surface area contributed by atoms with E-state index in [0.29, 0.717) is 25.2 Å². The summed E-state index contributed by atoms with van der Waals surface area (Å²) in [7, 11) is 0. The fourth-order valence-electron chi connectivity index (χ4n) is 4.31. The minimum Gasteiger partial charge on any atom is -0.365 e. The summed E-state index contributed by atoms with van der Waals surface area (Å²) in [4.78, 5) is 45.3. The largest absolute Gasteiger partial charge is 0.365 e. The zero-order chi connectivity index (χ0) is 22.0. The quantitative estimate of drug-likeness (QED) is 0.712. The van der Waals surface area contributed by atoms with E-state index in [1.165, 1.54) is 18.3 Å². The van der Waals surface area contributed by atoms with Crippen LogP contribution >= 0.6 is 0 Å². The Hall–Kier alpha value is -3.49. The van der Waals surface area contributed by atoms with E-state index in [1.54, 1.807) is 29.3 Å². The predicted molar refractivity (Wildman–Crippen MR) is 112 cm³/mol. The fourth-order valence-corrected chi connectivity index (χ4v) is 4.31. The second kappa shape index (κ2) is 8.33. The van der Waals surface area contributed by atoms with Crippen molar-refractivity contribution >= 4 is 23.5 Å². The van der Waals surface area contributed by atoms with Crippen LogP contribution in [-0.2, 0) is 15.1 Å². The molecule has 31 heavy (non-hydrogen) atoms. The molecule has 0 bridgehead atoms. The Kier molecular flexibility index (Phi) is 5.58. The highest BCUT2D eigenvalue weighted by atomic mass is 19.1. The van der Waals surface area contributed by atoms with E-state index < -0.39 is 17.5 Å². The number of imide groups is 1. The van der Waals surface area contributed by atoms with Crippen LogP contribution < -0.4 is 15.5 Å². The molecule has 162 valence electrons.